The standard InChI is InChI=1S/C43H57N11O11/c1-26-19-32(53(49-26)24-29-25-63-43(5,6)64-29)39(57)48-40-47-30-20-27(37(44)55)23-34(61-7)36(30)52(40)13-9-8-11-46-35-31(54(59)60)21-28(38(45)56)22-33(35)62-18-10-12-50-14-16-51(17-15-50)41(58)65-42(2,3)4/h8-9,19-23,29,46H,10-18,24-25H2,1-7H3,(H2,44,55)(H2,45,56)(H,47,48,57)/b9-8+. The van der Waals surface area contributed by atoms with Crippen molar-refractivity contribution in [2.45, 2.75) is 78.5 Å². The summed E-state index contributed by atoms with van der Waals surface area (Å²) in [5.41, 5.74) is 11.9. The molecule has 2 saturated heterocycles. The minimum Gasteiger partial charge on any atom is -0.494 e. The molecule has 2 aliphatic heterocycles. The van der Waals surface area contributed by atoms with Gasteiger partial charge in [-0.1, -0.05) is 12.2 Å². The van der Waals surface area contributed by atoms with E-state index < -0.39 is 39.7 Å². The number of nitro groups is 1. The van der Waals surface area contributed by atoms with Gasteiger partial charge in [-0.15, -0.1) is 0 Å². The van der Waals surface area contributed by atoms with Crippen molar-refractivity contribution in [3.8, 4) is 11.5 Å². The number of aromatic nitrogens is 4. The minimum absolute atomic E-state index is 0.0438. The third kappa shape index (κ3) is 12.1. The van der Waals surface area contributed by atoms with Gasteiger partial charge in [-0.3, -0.25) is 39.4 Å². The zero-order chi connectivity index (χ0) is 47.2. The number of carbonyl (C=O) groups is 4. The number of fused-ring (bicyclic) bond motifs is 1. The Labute approximate surface area is 375 Å². The molecular weight excluding hydrogens is 847 g/mol. The zero-order valence-corrected chi connectivity index (χ0v) is 37.7. The van der Waals surface area contributed by atoms with Crippen LogP contribution >= 0.6 is 0 Å². The topological polar surface area (TPSA) is 276 Å². The third-order valence-corrected chi connectivity index (χ3v) is 10.4. The highest BCUT2D eigenvalue weighted by Crippen LogP contribution is 2.37. The zero-order valence-electron chi connectivity index (χ0n) is 37.7. The van der Waals surface area contributed by atoms with Crippen LogP contribution in [0.25, 0.3) is 11.0 Å². The molecule has 2 aromatic carbocycles. The molecule has 2 aliphatic rings. The predicted molar refractivity (Wildman–Crippen MR) is 238 cm³/mol. The summed E-state index contributed by atoms with van der Waals surface area (Å²) >= 11 is 0. The molecular formula is C43H57N11O11. The molecule has 22 heteroatoms. The lowest BCUT2D eigenvalue weighted by molar-refractivity contribution is -0.384. The first kappa shape index (κ1) is 47.7. The molecule has 2 aromatic heterocycles. The fourth-order valence-corrected chi connectivity index (χ4v) is 7.43. The third-order valence-electron chi connectivity index (χ3n) is 10.4. The number of amides is 4. The van der Waals surface area contributed by atoms with Crippen LogP contribution in [0.3, 0.4) is 0 Å². The molecule has 1 atom stereocenters. The second kappa shape index (κ2) is 19.9. The van der Waals surface area contributed by atoms with E-state index in [2.05, 4.69) is 25.6 Å². The smallest absolute Gasteiger partial charge is 0.410 e. The van der Waals surface area contributed by atoms with Gasteiger partial charge in [-0.2, -0.15) is 5.10 Å². The number of benzene rings is 2. The van der Waals surface area contributed by atoms with Crippen LogP contribution in [0, 0.1) is 17.0 Å². The van der Waals surface area contributed by atoms with E-state index in [0.717, 1.165) is 6.07 Å². The van der Waals surface area contributed by atoms with Crippen molar-refractivity contribution < 1.29 is 47.8 Å². The number of methoxy groups -OCH3 is 1. The summed E-state index contributed by atoms with van der Waals surface area (Å²) in [6, 6.07) is 7.07. The SMILES string of the molecule is COc1cc(C(N)=O)cc2nc(NC(=O)c3cc(C)nn3CC3COC(C)(C)O3)n(C/C=C/CNc3c(OCCCN4CCN(C(=O)OC(C)(C)C)CC4)cc(C(N)=O)cc3[N+](=O)[O-])c12. The van der Waals surface area contributed by atoms with Crippen LogP contribution in [0.1, 0.15) is 77.9 Å². The van der Waals surface area contributed by atoms with Crippen molar-refractivity contribution in [2.24, 2.45) is 11.5 Å². The first-order valence-electron chi connectivity index (χ1n) is 21.1. The number of anilines is 2. The average Bonchev–Trinajstić information content (AvgIpc) is 3.90. The number of allylic oxidation sites excluding steroid dienone is 1. The van der Waals surface area contributed by atoms with Gasteiger partial charge in [0.1, 0.15) is 34.4 Å². The highest BCUT2D eigenvalue weighted by Gasteiger charge is 2.34. The monoisotopic (exact) mass is 903 g/mol. The molecule has 0 aliphatic carbocycles. The first-order valence-corrected chi connectivity index (χ1v) is 21.1. The Morgan fingerprint density at radius 3 is 2.34 bits per heavy atom. The summed E-state index contributed by atoms with van der Waals surface area (Å²) in [4.78, 5) is 71.0. The molecule has 65 heavy (non-hydrogen) atoms. The number of nitro benzene ring substituents is 1. The fourth-order valence-electron chi connectivity index (χ4n) is 7.43. The number of primary amides is 2. The van der Waals surface area contributed by atoms with Crippen LogP contribution in [0.15, 0.2) is 42.5 Å². The van der Waals surface area contributed by atoms with Gasteiger partial charge in [0.15, 0.2) is 11.5 Å². The van der Waals surface area contributed by atoms with Gasteiger partial charge < -0.3 is 49.9 Å². The van der Waals surface area contributed by atoms with Crippen molar-refractivity contribution in [1.82, 2.24) is 29.1 Å². The average molecular weight is 904 g/mol. The molecule has 2 fully saturated rings. The second-order valence-electron chi connectivity index (χ2n) is 17.1. The summed E-state index contributed by atoms with van der Waals surface area (Å²) in [5.74, 6) is -2.38. The van der Waals surface area contributed by atoms with Crippen LogP contribution in [-0.4, -0.2) is 135 Å². The molecule has 4 aromatic rings. The quantitative estimate of drug-likeness (QED) is 0.0475. The number of imidazole rings is 1. The number of carbonyl (C=O) groups excluding carboxylic acids is 4. The molecule has 0 saturated carbocycles. The van der Waals surface area contributed by atoms with Gasteiger partial charge in [-0.05, 0) is 72.2 Å². The van der Waals surface area contributed by atoms with E-state index in [1.807, 2.05) is 34.6 Å². The molecule has 22 nitrogen and oxygen atoms in total. The Balaban J connectivity index is 1.17. The Bertz CT molecular complexity index is 2460. The molecule has 350 valence electrons. The summed E-state index contributed by atoms with van der Waals surface area (Å²) in [6.07, 6.45) is 3.31. The lowest BCUT2D eigenvalue weighted by Gasteiger charge is -2.35. The Hall–Kier alpha value is -6.78. The van der Waals surface area contributed by atoms with Crippen molar-refractivity contribution in [2.75, 3.05) is 70.2 Å². The number of piperazine rings is 1. The number of nitrogens with two attached hydrogens (primary N) is 2. The van der Waals surface area contributed by atoms with Crippen LogP contribution in [-0.2, 0) is 27.3 Å². The van der Waals surface area contributed by atoms with Gasteiger partial charge in [-0.25, -0.2) is 9.78 Å². The van der Waals surface area contributed by atoms with Crippen LogP contribution in [0.2, 0.25) is 0 Å². The van der Waals surface area contributed by atoms with Gasteiger partial charge in [0.05, 0.1) is 43.0 Å². The lowest BCUT2D eigenvalue weighted by Crippen LogP contribution is -2.50. The summed E-state index contributed by atoms with van der Waals surface area (Å²) in [7, 11) is 1.43. The number of nitrogens with zero attached hydrogens (tertiary/aromatic N) is 7. The lowest BCUT2D eigenvalue weighted by atomic mass is 10.1. The van der Waals surface area contributed by atoms with Gasteiger partial charge in [0.25, 0.3) is 11.6 Å². The van der Waals surface area contributed by atoms with Crippen molar-refractivity contribution in [3.05, 3.63) is 75.1 Å². The number of ether oxygens (including phenoxy) is 5. The molecule has 1 unspecified atom stereocenters. The van der Waals surface area contributed by atoms with E-state index in [9.17, 15) is 29.3 Å². The number of aryl methyl sites for hydroxylation is 1. The Morgan fingerprint density at radius 1 is 1.02 bits per heavy atom. The van der Waals surface area contributed by atoms with Gasteiger partial charge in [0.2, 0.25) is 17.8 Å². The number of rotatable bonds is 18. The molecule has 4 heterocycles. The Kier molecular flexibility index (Phi) is 14.6. The summed E-state index contributed by atoms with van der Waals surface area (Å²) in [5, 5.41) is 22.7. The molecule has 6 rings (SSSR count). The minimum atomic E-state index is -0.859. The van der Waals surface area contributed by atoms with Crippen LogP contribution in [0.5, 0.6) is 11.5 Å². The van der Waals surface area contributed by atoms with E-state index in [1.54, 1.807) is 39.3 Å². The van der Waals surface area contributed by atoms with E-state index in [4.69, 9.17) is 35.2 Å². The van der Waals surface area contributed by atoms with Crippen molar-refractivity contribution in [3.63, 3.8) is 0 Å². The number of hydrogen-bond donors (Lipinski definition) is 4. The second-order valence-corrected chi connectivity index (χ2v) is 17.1. The largest absolute Gasteiger partial charge is 0.494 e. The molecule has 0 bridgehead atoms. The number of nitrogens with one attached hydrogen (secondary N) is 2. The van der Waals surface area contributed by atoms with Gasteiger partial charge >= 0.3 is 6.09 Å². The van der Waals surface area contributed by atoms with Gasteiger partial charge in [0, 0.05) is 63.0 Å². The maximum atomic E-state index is 13.9. The maximum Gasteiger partial charge on any atom is 0.410 e. The molecule has 0 spiro atoms. The molecule has 6 N–H and O–H groups in total. The van der Waals surface area contributed by atoms with E-state index in [1.165, 1.54) is 25.3 Å². The fraction of sp³-hybridized carbons (Fsp3) is 0.488. The predicted octanol–water partition coefficient (Wildman–Crippen LogP) is 4.05. The number of hydrogen-bond acceptors (Lipinski definition) is 15. The van der Waals surface area contributed by atoms with Crippen LogP contribution in [0.4, 0.5) is 22.1 Å². The molecule has 0 radical (unpaired) electrons. The van der Waals surface area contributed by atoms with Crippen molar-refractivity contribution in [1.29, 1.82) is 0 Å². The highest BCUT2D eigenvalue weighted by atomic mass is 16.7. The van der Waals surface area contributed by atoms with E-state index in [0.29, 0.717) is 62.5 Å². The first-order chi connectivity index (χ1) is 30.7. The van der Waals surface area contributed by atoms with Crippen molar-refractivity contribution >= 4 is 52.2 Å². The summed E-state index contributed by atoms with van der Waals surface area (Å²) in [6.45, 7) is 14.7. The van der Waals surface area contributed by atoms with Crippen LogP contribution < -0.4 is 31.6 Å². The molecule has 4 amide bonds. The van der Waals surface area contributed by atoms with E-state index in [-0.39, 0.29) is 78.4 Å². The summed E-state index contributed by atoms with van der Waals surface area (Å²) < 4.78 is 32.1. The maximum absolute atomic E-state index is 13.9. The normalized spacial score (nSPS) is 16.5. The van der Waals surface area contributed by atoms with E-state index >= 15 is 0 Å². The highest BCUT2D eigenvalue weighted by molar-refractivity contribution is 6.04. The Morgan fingerprint density at radius 2 is 1.71 bits per heavy atom.